The highest BCUT2D eigenvalue weighted by Crippen LogP contribution is 2.01. The molecule has 4 heteroatoms. The van der Waals surface area contributed by atoms with Gasteiger partial charge in [-0.2, -0.15) is 0 Å². The van der Waals surface area contributed by atoms with Gasteiger partial charge in [-0.05, 0) is 26.7 Å². The van der Waals surface area contributed by atoms with E-state index in [9.17, 15) is 9.59 Å². The second kappa shape index (κ2) is 5.96. The zero-order valence-electron chi connectivity index (χ0n) is 8.54. The van der Waals surface area contributed by atoms with Crippen LogP contribution in [0.2, 0.25) is 0 Å². The van der Waals surface area contributed by atoms with Crippen molar-refractivity contribution in [3.63, 3.8) is 0 Å². The maximum Gasteiger partial charge on any atom is 0.244 e. The summed E-state index contributed by atoms with van der Waals surface area (Å²) in [6.07, 6.45) is 4.85. The highest BCUT2D eigenvalue weighted by Gasteiger charge is 1.96. The molecule has 0 bridgehead atoms. The van der Waals surface area contributed by atoms with Crippen molar-refractivity contribution >= 4 is 11.8 Å². The second-order valence-electron chi connectivity index (χ2n) is 3.08. The largest absolute Gasteiger partial charge is 0.366 e. The van der Waals surface area contributed by atoms with Crippen LogP contribution >= 0.6 is 0 Å². The number of carbonyl (C=O) groups is 2. The van der Waals surface area contributed by atoms with E-state index in [1.54, 1.807) is 26.0 Å². The topological polar surface area (TPSA) is 86.2 Å². The van der Waals surface area contributed by atoms with E-state index >= 15 is 0 Å². The summed E-state index contributed by atoms with van der Waals surface area (Å²) in [5, 5.41) is 0. The normalized spacial score (nSPS) is 12.7. The molecule has 0 aliphatic carbocycles. The summed E-state index contributed by atoms with van der Waals surface area (Å²) in [4.78, 5) is 21.2. The zero-order valence-corrected chi connectivity index (χ0v) is 8.54. The fraction of sp³-hybridized carbons (Fsp3) is 0.400. The van der Waals surface area contributed by atoms with E-state index in [2.05, 4.69) is 0 Å². The number of amides is 2. The predicted molar refractivity (Wildman–Crippen MR) is 55.1 cm³/mol. The van der Waals surface area contributed by atoms with E-state index in [0.717, 1.165) is 0 Å². The molecular weight excluding hydrogens is 180 g/mol. The Morgan fingerprint density at radius 1 is 0.929 bits per heavy atom. The number of nitrogens with two attached hydrogens (primary N) is 2. The molecule has 0 fully saturated rings. The molecule has 0 heterocycles. The first-order chi connectivity index (χ1) is 6.45. The standard InChI is InChI=1S/C10H16N2O2/c1-7(9(11)13)5-3-4-6-8(2)10(12)14/h5-6H,3-4H2,1-2H3,(H2,11,13)(H2,12,14). The average Bonchev–Trinajstić information content (AvgIpc) is 2.11. The fourth-order valence-electron chi connectivity index (χ4n) is 0.801. The quantitative estimate of drug-likeness (QED) is 0.499. The summed E-state index contributed by atoms with van der Waals surface area (Å²) >= 11 is 0. The van der Waals surface area contributed by atoms with E-state index in [1.807, 2.05) is 0 Å². The van der Waals surface area contributed by atoms with Crippen LogP contribution in [0.25, 0.3) is 0 Å². The van der Waals surface area contributed by atoms with Gasteiger partial charge in [-0.25, -0.2) is 0 Å². The fourth-order valence-corrected chi connectivity index (χ4v) is 0.801. The molecule has 4 nitrogen and oxygen atoms in total. The smallest absolute Gasteiger partial charge is 0.244 e. The van der Waals surface area contributed by atoms with Crippen molar-refractivity contribution in [1.29, 1.82) is 0 Å². The molecule has 14 heavy (non-hydrogen) atoms. The molecule has 78 valence electrons. The van der Waals surface area contributed by atoms with E-state index in [0.29, 0.717) is 24.0 Å². The molecular formula is C10H16N2O2. The van der Waals surface area contributed by atoms with Gasteiger partial charge in [0.1, 0.15) is 0 Å². The molecule has 0 aromatic rings. The first-order valence-electron chi connectivity index (χ1n) is 4.38. The minimum Gasteiger partial charge on any atom is -0.366 e. The highest BCUT2D eigenvalue weighted by molar-refractivity contribution is 5.91. The molecule has 0 atom stereocenters. The van der Waals surface area contributed by atoms with Gasteiger partial charge in [-0.15, -0.1) is 0 Å². The molecule has 0 aromatic carbocycles. The number of rotatable bonds is 5. The lowest BCUT2D eigenvalue weighted by atomic mass is 10.1. The van der Waals surface area contributed by atoms with Crippen LogP contribution in [0, 0.1) is 0 Å². The summed E-state index contributed by atoms with van der Waals surface area (Å²) in [7, 11) is 0. The Morgan fingerprint density at radius 2 is 1.21 bits per heavy atom. The van der Waals surface area contributed by atoms with Crippen molar-refractivity contribution < 1.29 is 9.59 Å². The molecule has 0 saturated carbocycles. The molecule has 0 rings (SSSR count). The van der Waals surface area contributed by atoms with E-state index in [-0.39, 0.29) is 0 Å². The van der Waals surface area contributed by atoms with Gasteiger partial charge in [0, 0.05) is 11.1 Å². The molecule has 0 unspecified atom stereocenters. The number of hydrogen-bond acceptors (Lipinski definition) is 2. The van der Waals surface area contributed by atoms with E-state index < -0.39 is 11.8 Å². The van der Waals surface area contributed by atoms with Gasteiger partial charge in [-0.3, -0.25) is 9.59 Å². The SMILES string of the molecule is CC(=CCCC=C(C)C(N)=O)C(N)=O. The van der Waals surface area contributed by atoms with Crippen LogP contribution in [0.1, 0.15) is 26.7 Å². The highest BCUT2D eigenvalue weighted by atomic mass is 16.1. The van der Waals surface area contributed by atoms with Crippen molar-refractivity contribution in [3.8, 4) is 0 Å². The summed E-state index contributed by atoms with van der Waals surface area (Å²) in [6.45, 7) is 3.32. The lowest BCUT2D eigenvalue weighted by Crippen LogP contribution is -2.11. The lowest BCUT2D eigenvalue weighted by Gasteiger charge is -1.95. The number of unbranched alkanes of at least 4 members (excludes halogenated alkanes) is 1. The van der Waals surface area contributed by atoms with Crippen LogP contribution in [0.15, 0.2) is 23.3 Å². The third-order valence-corrected chi connectivity index (χ3v) is 1.85. The lowest BCUT2D eigenvalue weighted by molar-refractivity contribution is -0.115. The average molecular weight is 196 g/mol. The Bertz CT molecular complexity index is 260. The van der Waals surface area contributed by atoms with Crippen LogP contribution in [0.3, 0.4) is 0 Å². The summed E-state index contributed by atoms with van der Waals surface area (Å²) in [5.74, 6) is -0.832. The molecule has 0 radical (unpaired) electrons. The second-order valence-corrected chi connectivity index (χ2v) is 3.08. The molecule has 0 spiro atoms. The van der Waals surface area contributed by atoms with Crippen LogP contribution in [0.5, 0.6) is 0 Å². The molecule has 0 aromatic heterocycles. The monoisotopic (exact) mass is 196 g/mol. The van der Waals surface area contributed by atoms with Gasteiger partial charge >= 0.3 is 0 Å². The zero-order chi connectivity index (χ0) is 11.1. The predicted octanol–water partition coefficient (Wildman–Crippen LogP) is 0.630. The Hall–Kier alpha value is -1.58. The van der Waals surface area contributed by atoms with E-state index in [4.69, 9.17) is 11.5 Å². The van der Waals surface area contributed by atoms with Crippen molar-refractivity contribution in [2.24, 2.45) is 11.5 Å². The Labute approximate surface area is 83.6 Å². The summed E-state index contributed by atoms with van der Waals surface area (Å²) in [6, 6.07) is 0. The van der Waals surface area contributed by atoms with Gasteiger partial charge in [0.25, 0.3) is 0 Å². The summed E-state index contributed by atoms with van der Waals surface area (Å²) < 4.78 is 0. The Balaban J connectivity index is 3.98. The van der Waals surface area contributed by atoms with Crippen molar-refractivity contribution in [1.82, 2.24) is 0 Å². The first kappa shape index (κ1) is 12.4. The van der Waals surface area contributed by atoms with Crippen LogP contribution in [-0.2, 0) is 9.59 Å². The molecule has 0 aliphatic rings. The Kier molecular flexibility index (Phi) is 5.29. The minimum atomic E-state index is -0.416. The van der Waals surface area contributed by atoms with Gasteiger partial charge in [0.2, 0.25) is 11.8 Å². The van der Waals surface area contributed by atoms with Crippen molar-refractivity contribution in [2.45, 2.75) is 26.7 Å². The van der Waals surface area contributed by atoms with Gasteiger partial charge in [-0.1, -0.05) is 12.2 Å². The molecule has 2 amide bonds. The summed E-state index contributed by atoms with van der Waals surface area (Å²) in [5.41, 5.74) is 11.1. The molecule has 4 N–H and O–H groups in total. The van der Waals surface area contributed by atoms with Crippen LogP contribution in [-0.4, -0.2) is 11.8 Å². The van der Waals surface area contributed by atoms with Crippen molar-refractivity contribution in [2.75, 3.05) is 0 Å². The third-order valence-electron chi connectivity index (χ3n) is 1.85. The minimum absolute atomic E-state index is 0.416. The van der Waals surface area contributed by atoms with Crippen molar-refractivity contribution in [3.05, 3.63) is 23.3 Å². The number of hydrogen-bond donors (Lipinski definition) is 2. The van der Waals surface area contributed by atoms with Crippen LogP contribution < -0.4 is 11.5 Å². The van der Waals surface area contributed by atoms with Gasteiger partial charge < -0.3 is 11.5 Å². The molecule has 0 aliphatic heterocycles. The first-order valence-corrected chi connectivity index (χ1v) is 4.38. The van der Waals surface area contributed by atoms with Crippen LogP contribution in [0.4, 0.5) is 0 Å². The number of carbonyl (C=O) groups excluding carboxylic acids is 2. The number of allylic oxidation sites excluding steroid dienone is 2. The maximum absolute atomic E-state index is 10.6. The number of primary amides is 2. The Morgan fingerprint density at radius 3 is 1.43 bits per heavy atom. The maximum atomic E-state index is 10.6. The van der Waals surface area contributed by atoms with Gasteiger partial charge in [0.05, 0.1) is 0 Å². The molecule has 0 saturated heterocycles. The third kappa shape index (κ3) is 5.13. The van der Waals surface area contributed by atoms with Gasteiger partial charge in [0.15, 0.2) is 0 Å². The van der Waals surface area contributed by atoms with E-state index in [1.165, 1.54) is 0 Å².